The molecule has 3 rings (SSSR count). The van der Waals surface area contributed by atoms with Gasteiger partial charge in [0.05, 0.1) is 6.26 Å². The predicted octanol–water partition coefficient (Wildman–Crippen LogP) is 3.72. The Morgan fingerprint density at radius 3 is 3.00 bits per heavy atom. The van der Waals surface area contributed by atoms with Crippen molar-refractivity contribution < 1.29 is 4.42 Å². The molecule has 1 aromatic carbocycles. The summed E-state index contributed by atoms with van der Waals surface area (Å²) in [5.74, 6) is 0.908. The first-order valence-corrected chi connectivity index (χ1v) is 5.98. The number of hydrogen-bond acceptors (Lipinski definition) is 2. The van der Waals surface area contributed by atoms with Crippen LogP contribution in [0.2, 0.25) is 0 Å². The number of rotatable bonds is 2. The van der Waals surface area contributed by atoms with E-state index >= 15 is 0 Å². The number of furan rings is 1. The molecule has 1 N–H and O–H groups in total. The molecule has 1 aromatic heterocycles. The van der Waals surface area contributed by atoms with Crippen LogP contribution in [-0.4, -0.2) is 6.04 Å². The molecule has 0 aliphatic carbocycles. The summed E-state index contributed by atoms with van der Waals surface area (Å²) in [5, 5.41) is 3.53. The molecule has 1 aliphatic rings. The summed E-state index contributed by atoms with van der Waals surface area (Å²) in [7, 11) is 0. The van der Waals surface area contributed by atoms with Crippen molar-refractivity contribution in [3.63, 3.8) is 0 Å². The second-order valence-corrected chi connectivity index (χ2v) is 4.32. The zero-order valence-electron chi connectivity index (χ0n) is 9.60. The van der Waals surface area contributed by atoms with Gasteiger partial charge in [0.25, 0.3) is 0 Å². The third-order valence-corrected chi connectivity index (χ3v) is 3.12. The van der Waals surface area contributed by atoms with Crippen molar-refractivity contribution in [1.82, 2.24) is 0 Å². The summed E-state index contributed by atoms with van der Waals surface area (Å²) in [6.45, 7) is 0. The van der Waals surface area contributed by atoms with Gasteiger partial charge in [0, 0.05) is 11.7 Å². The Balaban J connectivity index is 1.72. The molecule has 0 bridgehead atoms. The molecular weight excluding hydrogens is 210 g/mol. The molecule has 86 valence electrons. The third-order valence-electron chi connectivity index (χ3n) is 3.12. The SMILES string of the molecule is C(=C\[C@@H]1CCc2ccccc2N1)/c1ccco1. The lowest BCUT2D eigenvalue weighted by atomic mass is 9.98. The van der Waals surface area contributed by atoms with Crippen molar-refractivity contribution in [2.24, 2.45) is 0 Å². The third kappa shape index (κ3) is 2.26. The highest BCUT2D eigenvalue weighted by molar-refractivity contribution is 5.56. The van der Waals surface area contributed by atoms with Gasteiger partial charge in [-0.1, -0.05) is 24.3 Å². The Morgan fingerprint density at radius 1 is 1.18 bits per heavy atom. The summed E-state index contributed by atoms with van der Waals surface area (Å²) in [5.41, 5.74) is 2.67. The van der Waals surface area contributed by atoms with Gasteiger partial charge in [0.2, 0.25) is 0 Å². The van der Waals surface area contributed by atoms with Crippen molar-refractivity contribution >= 4 is 11.8 Å². The number of benzene rings is 1. The van der Waals surface area contributed by atoms with E-state index in [0.717, 1.165) is 18.6 Å². The summed E-state index contributed by atoms with van der Waals surface area (Å²) >= 11 is 0. The van der Waals surface area contributed by atoms with Crippen LogP contribution in [0, 0.1) is 0 Å². The minimum atomic E-state index is 0.398. The van der Waals surface area contributed by atoms with Crippen LogP contribution < -0.4 is 5.32 Å². The second-order valence-electron chi connectivity index (χ2n) is 4.32. The number of aryl methyl sites for hydroxylation is 1. The lowest BCUT2D eigenvalue weighted by Crippen LogP contribution is -2.22. The van der Waals surface area contributed by atoms with E-state index in [1.165, 1.54) is 11.3 Å². The molecule has 2 heteroatoms. The molecule has 0 unspecified atom stereocenters. The Hall–Kier alpha value is -1.96. The maximum absolute atomic E-state index is 5.28. The maximum atomic E-state index is 5.28. The van der Waals surface area contributed by atoms with Gasteiger partial charge in [-0.05, 0) is 42.7 Å². The second kappa shape index (κ2) is 4.50. The Kier molecular flexibility index (Phi) is 2.70. The summed E-state index contributed by atoms with van der Waals surface area (Å²) in [4.78, 5) is 0. The van der Waals surface area contributed by atoms with E-state index in [9.17, 15) is 0 Å². The van der Waals surface area contributed by atoms with Gasteiger partial charge in [0.1, 0.15) is 5.76 Å². The first-order chi connectivity index (χ1) is 8.42. The standard InChI is InChI=1S/C15H15NO/c1-2-6-15-12(4-1)7-8-13(16-15)9-10-14-5-3-11-17-14/h1-6,9-11,13,16H,7-8H2/b10-9+/t13-/m0/s1. The fraction of sp³-hybridized carbons (Fsp3) is 0.200. The van der Waals surface area contributed by atoms with Gasteiger partial charge in [-0.25, -0.2) is 0 Å². The molecule has 0 saturated carbocycles. The van der Waals surface area contributed by atoms with Gasteiger partial charge in [-0.2, -0.15) is 0 Å². The van der Waals surface area contributed by atoms with Gasteiger partial charge in [-0.15, -0.1) is 0 Å². The summed E-state index contributed by atoms with van der Waals surface area (Å²) < 4.78 is 5.28. The van der Waals surface area contributed by atoms with Crippen LogP contribution in [0.3, 0.4) is 0 Å². The van der Waals surface area contributed by atoms with Crippen molar-refractivity contribution in [3.8, 4) is 0 Å². The van der Waals surface area contributed by atoms with E-state index in [0.29, 0.717) is 6.04 Å². The van der Waals surface area contributed by atoms with Gasteiger partial charge in [-0.3, -0.25) is 0 Å². The molecule has 1 aliphatic heterocycles. The monoisotopic (exact) mass is 225 g/mol. The zero-order valence-corrected chi connectivity index (χ0v) is 9.60. The Morgan fingerprint density at radius 2 is 2.12 bits per heavy atom. The molecule has 0 amide bonds. The van der Waals surface area contributed by atoms with E-state index < -0.39 is 0 Å². The van der Waals surface area contributed by atoms with Crippen LogP contribution in [-0.2, 0) is 6.42 Å². The van der Waals surface area contributed by atoms with Crippen molar-refractivity contribution in [1.29, 1.82) is 0 Å². The highest BCUT2D eigenvalue weighted by Gasteiger charge is 2.14. The molecular formula is C15H15NO. The summed E-state index contributed by atoms with van der Waals surface area (Å²) in [6, 6.07) is 12.8. The van der Waals surface area contributed by atoms with Crippen molar-refractivity contribution in [2.75, 3.05) is 5.32 Å². The Bertz CT molecular complexity index is 513. The van der Waals surface area contributed by atoms with Crippen LogP contribution >= 0.6 is 0 Å². The molecule has 2 nitrogen and oxygen atoms in total. The molecule has 2 aromatic rings. The lowest BCUT2D eigenvalue weighted by molar-refractivity contribution is 0.556. The quantitative estimate of drug-likeness (QED) is 0.842. The van der Waals surface area contributed by atoms with Gasteiger partial charge >= 0.3 is 0 Å². The number of hydrogen-bond donors (Lipinski definition) is 1. The lowest BCUT2D eigenvalue weighted by Gasteiger charge is -2.24. The smallest absolute Gasteiger partial charge is 0.126 e. The minimum Gasteiger partial charge on any atom is -0.465 e. The zero-order chi connectivity index (χ0) is 11.5. The number of para-hydroxylation sites is 1. The van der Waals surface area contributed by atoms with Crippen molar-refractivity contribution in [3.05, 3.63) is 60.1 Å². The first kappa shape index (κ1) is 10.2. The fourth-order valence-electron chi connectivity index (χ4n) is 2.20. The van der Waals surface area contributed by atoms with E-state index in [4.69, 9.17) is 4.42 Å². The molecule has 0 spiro atoms. The molecule has 0 saturated heterocycles. The van der Waals surface area contributed by atoms with Gasteiger partial charge in [0.15, 0.2) is 0 Å². The first-order valence-electron chi connectivity index (χ1n) is 5.98. The normalized spacial score (nSPS) is 18.9. The number of fused-ring (bicyclic) bond motifs is 1. The minimum absolute atomic E-state index is 0.398. The average molecular weight is 225 g/mol. The van der Waals surface area contributed by atoms with E-state index in [2.05, 4.69) is 35.7 Å². The Labute approximate surface area is 101 Å². The average Bonchev–Trinajstić information content (AvgIpc) is 2.89. The van der Waals surface area contributed by atoms with Crippen molar-refractivity contribution in [2.45, 2.75) is 18.9 Å². The maximum Gasteiger partial charge on any atom is 0.126 e. The van der Waals surface area contributed by atoms with Crippen LogP contribution in [0.1, 0.15) is 17.7 Å². The topological polar surface area (TPSA) is 25.2 Å². The molecule has 2 heterocycles. The highest BCUT2D eigenvalue weighted by atomic mass is 16.3. The van der Waals surface area contributed by atoms with E-state index in [1.807, 2.05) is 18.2 Å². The van der Waals surface area contributed by atoms with Crippen LogP contribution in [0.15, 0.2) is 53.2 Å². The molecule has 0 fully saturated rings. The van der Waals surface area contributed by atoms with E-state index in [-0.39, 0.29) is 0 Å². The molecule has 17 heavy (non-hydrogen) atoms. The molecule has 1 atom stereocenters. The van der Waals surface area contributed by atoms with E-state index in [1.54, 1.807) is 6.26 Å². The van der Waals surface area contributed by atoms with Crippen LogP contribution in [0.25, 0.3) is 6.08 Å². The van der Waals surface area contributed by atoms with Crippen LogP contribution in [0.4, 0.5) is 5.69 Å². The van der Waals surface area contributed by atoms with Crippen LogP contribution in [0.5, 0.6) is 0 Å². The number of anilines is 1. The number of nitrogens with one attached hydrogen (secondary N) is 1. The van der Waals surface area contributed by atoms with Gasteiger partial charge < -0.3 is 9.73 Å². The molecule has 0 radical (unpaired) electrons. The highest BCUT2D eigenvalue weighted by Crippen LogP contribution is 2.24. The predicted molar refractivity (Wildman–Crippen MR) is 69.9 cm³/mol. The largest absolute Gasteiger partial charge is 0.465 e. The fourth-order valence-corrected chi connectivity index (χ4v) is 2.20. The summed E-state index contributed by atoms with van der Waals surface area (Å²) in [6.07, 6.45) is 8.17.